The van der Waals surface area contributed by atoms with Gasteiger partial charge in [-0.2, -0.15) is 0 Å². The minimum Gasteiger partial charge on any atom is -0.496 e. The number of hydrogen-bond acceptors (Lipinski definition) is 4. The minimum atomic E-state index is -0.657. The third-order valence-corrected chi connectivity index (χ3v) is 4.84. The van der Waals surface area contributed by atoms with Crippen LogP contribution in [0, 0.1) is 18.6 Å². The Morgan fingerprint density at radius 2 is 1.93 bits per heavy atom. The molecule has 0 unspecified atom stereocenters. The Balaban J connectivity index is 1.70. The highest BCUT2D eigenvalue weighted by atomic mass is 19.1. The Morgan fingerprint density at radius 3 is 2.71 bits per heavy atom. The summed E-state index contributed by atoms with van der Waals surface area (Å²) in [5.74, 6) is -1.06. The van der Waals surface area contributed by atoms with E-state index in [-0.39, 0.29) is 5.75 Å². The van der Waals surface area contributed by atoms with Crippen molar-refractivity contribution in [2.24, 2.45) is 0 Å². The SMILES string of the molecule is COc1cc(F)cc(F)c1CCc1ccc(-c2cnccc2C)c2nncn12. The molecule has 0 saturated carbocycles. The number of aryl methyl sites for hydroxylation is 2. The van der Waals surface area contributed by atoms with E-state index in [4.69, 9.17) is 4.74 Å². The van der Waals surface area contributed by atoms with E-state index in [0.29, 0.717) is 24.1 Å². The van der Waals surface area contributed by atoms with Gasteiger partial charge in [0.25, 0.3) is 0 Å². The first-order chi connectivity index (χ1) is 13.6. The Bertz CT molecular complexity index is 1160. The van der Waals surface area contributed by atoms with Crippen LogP contribution < -0.4 is 4.74 Å². The van der Waals surface area contributed by atoms with E-state index >= 15 is 0 Å². The Kier molecular flexibility index (Phi) is 4.73. The summed E-state index contributed by atoms with van der Waals surface area (Å²) < 4.78 is 34.7. The first kappa shape index (κ1) is 18.0. The van der Waals surface area contributed by atoms with E-state index in [1.165, 1.54) is 13.2 Å². The molecule has 0 N–H and O–H groups in total. The molecule has 7 heteroatoms. The molecule has 3 aromatic heterocycles. The smallest absolute Gasteiger partial charge is 0.168 e. The summed E-state index contributed by atoms with van der Waals surface area (Å²) in [5.41, 5.74) is 4.97. The molecule has 0 aliphatic rings. The second-order valence-electron chi connectivity index (χ2n) is 6.52. The largest absolute Gasteiger partial charge is 0.496 e. The van der Waals surface area contributed by atoms with Crippen LogP contribution in [0.1, 0.15) is 16.8 Å². The number of rotatable bonds is 5. The molecule has 0 spiro atoms. The van der Waals surface area contributed by atoms with Crippen molar-refractivity contribution in [2.45, 2.75) is 19.8 Å². The van der Waals surface area contributed by atoms with Gasteiger partial charge in [0.1, 0.15) is 23.7 Å². The molecular formula is C21H18F2N4O. The summed E-state index contributed by atoms with van der Waals surface area (Å²) in [6, 6.07) is 7.95. The van der Waals surface area contributed by atoms with Crippen molar-refractivity contribution in [1.29, 1.82) is 0 Å². The number of aromatic nitrogens is 4. The zero-order chi connectivity index (χ0) is 19.7. The number of hydrogen-bond donors (Lipinski definition) is 0. The Morgan fingerprint density at radius 1 is 1.07 bits per heavy atom. The molecular weight excluding hydrogens is 362 g/mol. The van der Waals surface area contributed by atoms with Gasteiger partial charge in [-0.25, -0.2) is 8.78 Å². The topological polar surface area (TPSA) is 52.3 Å². The molecule has 0 amide bonds. The highest BCUT2D eigenvalue weighted by Crippen LogP contribution is 2.28. The van der Waals surface area contributed by atoms with Gasteiger partial charge in [-0.3, -0.25) is 9.38 Å². The summed E-state index contributed by atoms with van der Waals surface area (Å²) >= 11 is 0. The van der Waals surface area contributed by atoms with Gasteiger partial charge in [0.2, 0.25) is 0 Å². The predicted octanol–water partition coefficient (Wildman–Crippen LogP) is 4.17. The van der Waals surface area contributed by atoms with Gasteiger partial charge in [0, 0.05) is 46.9 Å². The van der Waals surface area contributed by atoms with Crippen molar-refractivity contribution in [1.82, 2.24) is 19.6 Å². The molecule has 1 aromatic carbocycles. The zero-order valence-electron chi connectivity index (χ0n) is 15.5. The van der Waals surface area contributed by atoms with E-state index in [1.807, 2.05) is 29.5 Å². The molecule has 142 valence electrons. The maximum atomic E-state index is 14.2. The average Bonchev–Trinajstić information content (AvgIpc) is 3.17. The number of methoxy groups -OCH3 is 1. The lowest BCUT2D eigenvalue weighted by molar-refractivity contribution is 0.399. The predicted molar refractivity (Wildman–Crippen MR) is 101 cm³/mol. The maximum absolute atomic E-state index is 14.2. The van der Waals surface area contributed by atoms with Gasteiger partial charge in [-0.15, -0.1) is 10.2 Å². The number of pyridine rings is 2. The van der Waals surface area contributed by atoms with Crippen LogP contribution in [-0.4, -0.2) is 26.7 Å². The lowest BCUT2D eigenvalue weighted by Gasteiger charge is -2.12. The van der Waals surface area contributed by atoms with Crippen molar-refractivity contribution in [3.05, 3.63) is 77.5 Å². The molecule has 0 saturated heterocycles. The Hall–Kier alpha value is -3.35. The maximum Gasteiger partial charge on any atom is 0.168 e. The molecule has 28 heavy (non-hydrogen) atoms. The van der Waals surface area contributed by atoms with Gasteiger partial charge in [-0.05, 0) is 43.5 Å². The summed E-state index contributed by atoms with van der Waals surface area (Å²) in [7, 11) is 1.40. The fourth-order valence-electron chi connectivity index (χ4n) is 3.38. The minimum absolute atomic E-state index is 0.208. The van der Waals surface area contributed by atoms with E-state index in [2.05, 4.69) is 15.2 Å². The zero-order valence-corrected chi connectivity index (χ0v) is 15.5. The van der Waals surface area contributed by atoms with Crippen molar-refractivity contribution in [3.63, 3.8) is 0 Å². The molecule has 0 fully saturated rings. The van der Waals surface area contributed by atoms with Crippen molar-refractivity contribution in [3.8, 4) is 16.9 Å². The monoisotopic (exact) mass is 380 g/mol. The molecule has 4 rings (SSSR count). The molecule has 0 radical (unpaired) electrons. The van der Waals surface area contributed by atoms with Gasteiger partial charge in [0.05, 0.1) is 7.11 Å². The number of ether oxygens (including phenoxy) is 1. The van der Waals surface area contributed by atoms with Crippen LogP contribution in [0.4, 0.5) is 8.78 Å². The first-order valence-electron chi connectivity index (χ1n) is 8.83. The highest BCUT2D eigenvalue weighted by molar-refractivity contribution is 5.79. The third-order valence-electron chi connectivity index (χ3n) is 4.84. The van der Waals surface area contributed by atoms with Crippen LogP contribution in [0.15, 0.2) is 49.1 Å². The van der Waals surface area contributed by atoms with Crippen LogP contribution in [-0.2, 0) is 12.8 Å². The molecule has 0 aliphatic heterocycles. The molecule has 0 atom stereocenters. The number of halogens is 2. The number of fused-ring (bicyclic) bond motifs is 1. The van der Waals surface area contributed by atoms with Gasteiger partial charge >= 0.3 is 0 Å². The van der Waals surface area contributed by atoms with E-state index in [0.717, 1.165) is 28.5 Å². The van der Waals surface area contributed by atoms with Crippen molar-refractivity contribution < 1.29 is 13.5 Å². The Labute approximate surface area is 160 Å². The third kappa shape index (κ3) is 3.19. The normalized spacial score (nSPS) is 11.1. The molecule has 4 aromatic rings. The van der Waals surface area contributed by atoms with Crippen LogP contribution in [0.2, 0.25) is 0 Å². The lowest BCUT2D eigenvalue weighted by atomic mass is 10.0. The van der Waals surface area contributed by atoms with Crippen LogP contribution in [0.25, 0.3) is 16.8 Å². The van der Waals surface area contributed by atoms with Crippen LogP contribution in [0.3, 0.4) is 0 Å². The van der Waals surface area contributed by atoms with E-state index in [9.17, 15) is 8.78 Å². The van der Waals surface area contributed by atoms with Crippen molar-refractivity contribution >= 4 is 5.65 Å². The molecule has 5 nitrogen and oxygen atoms in total. The standard InChI is InChI=1S/C21H18F2N4O/c1-13-7-8-24-11-18(13)16-5-3-15(27-12-25-26-21(16)27)4-6-17-19(23)9-14(22)10-20(17)28-2/h3,5,7-12H,4,6H2,1-2H3. The summed E-state index contributed by atoms with van der Waals surface area (Å²) in [6.45, 7) is 2.02. The number of benzene rings is 1. The second kappa shape index (κ2) is 7.34. The lowest BCUT2D eigenvalue weighted by Crippen LogP contribution is -2.04. The van der Waals surface area contributed by atoms with Gasteiger partial charge < -0.3 is 4.74 Å². The highest BCUT2D eigenvalue weighted by Gasteiger charge is 2.15. The summed E-state index contributed by atoms with van der Waals surface area (Å²) in [4.78, 5) is 4.20. The van der Waals surface area contributed by atoms with Gasteiger partial charge in [-0.1, -0.05) is 0 Å². The fourth-order valence-corrected chi connectivity index (χ4v) is 3.38. The second-order valence-corrected chi connectivity index (χ2v) is 6.52. The molecule has 0 bridgehead atoms. The van der Waals surface area contributed by atoms with E-state index in [1.54, 1.807) is 18.7 Å². The van der Waals surface area contributed by atoms with Gasteiger partial charge in [0.15, 0.2) is 5.65 Å². The van der Waals surface area contributed by atoms with Crippen molar-refractivity contribution in [2.75, 3.05) is 7.11 Å². The molecule has 0 aliphatic carbocycles. The van der Waals surface area contributed by atoms with E-state index < -0.39 is 11.6 Å². The fraction of sp³-hybridized carbons (Fsp3) is 0.190. The summed E-state index contributed by atoms with van der Waals surface area (Å²) in [6.07, 6.45) is 6.06. The summed E-state index contributed by atoms with van der Waals surface area (Å²) in [5, 5.41) is 8.29. The van der Waals surface area contributed by atoms with Crippen LogP contribution in [0.5, 0.6) is 5.75 Å². The first-order valence-corrected chi connectivity index (χ1v) is 8.83. The molecule has 3 heterocycles. The number of nitrogens with zero attached hydrogens (tertiary/aromatic N) is 4. The average molecular weight is 380 g/mol. The van der Waals surface area contributed by atoms with Crippen LogP contribution >= 0.6 is 0 Å². The quantitative estimate of drug-likeness (QED) is 0.521.